The van der Waals surface area contributed by atoms with E-state index in [1.54, 1.807) is 11.3 Å². The number of thiophene rings is 1. The lowest BCUT2D eigenvalue weighted by atomic mass is 10.1. The number of hydrogen-bond donors (Lipinski definition) is 1. The number of nitrogens with one attached hydrogen (secondary N) is 1. The van der Waals surface area contributed by atoms with Crippen molar-refractivity contribution in [3.63, 3.8) is 0 Å². The van der Waals surface area contributed by atoms with Gasteiger partial charge in [0, 0.05) is 26.3 Å². The van der Waals surface area contributed by atoms with Crippen LogP contribution in [0.1, 0.15) is 23.4 Å². The van der Waals surface area contributed by atoms with Crippen LogP contribution in [0.4, 0.5) is 5.69 Å². The van der Waals surface area contributed by atoms with E-state index >= 15 is 0 Å². The first kappa shape index (κ1) is 14.8. The SMILES string of the molecule is Cc1cc(Cl)c(NC(C)c2cc(Br)cs2)c2cccnc12. The van der Waals surface area contributed by atoms with Gasteiger partial charge in [-0.2, -0.15) is 0 Å². The molecule has 0 fully saturated rings. The van der Waals surface area contributed by atoms with Crippen LogP contribution >= 0.6 is 38.9 Å². The zero-order valence-electron chi connectivity index (χ0n) is 11.7. The van der Waals surface area contributed by atoms with Gasteiger partial charge < -0.3 is 5.32 Å². The minimum absolute atomic E-state index is 0.185. The second-order valence-corrected chi connectivity index (χ2v) is 7.25. The highest BCUT2D eigenvalue weighted by atomic mass is 79.9. The molecule has 0 aliphatic rings. The van der Waals surface area contributed by atoms with Crippen molar-refractivity contribution < 1.29 is 0 Å². The van der Waals surface area contributed by atoms with Gasteiger partial charge in [0.1, 0.15) is 0 Å². The number of rotatable bonds is 3. The Balaban J connectivity index is 2.04. The van der Waals surface area contributed by atoms with Crippen molar-refractivity contribution in [3.05, 3.63) is 55.8 Å². The molecule has 0 bridgehead atoms. The molecule has 21 heavy (non-hydrogen) atoms. The normalized spacial score (nSPS) is 12.6. The largest absolute Gasteiger partial charge is 0.376 e. The first-order valence-electron chi connectivity index (χ1n) is 6.60. The molecule has 2 aromatic heterocycles. The standard InChI is InChI=1S/C16H14BrClN2S/c1-9-6-13(18)16(12-4-3-5-19-15(9)12)20-10(2)14-7-11(17)8-21-14/h3-8,10,20H,1-2H3. The van der Waals surface area contributed by atoms with E-state index in [0.717, 1.165) is 31.6 Å². The zero-order valence-corrected chi connectivity index (χ0v) is 14.8. The molecule has 1 aromatic carbocycles. The van der Waals surface area contributed by atoms with Crippen LogP contribution < -0.4 is 5.32 Å². The molecule has 0 saturated carbocycles. The lowest BCUT2D eigenvalue weighted by molar-refractivity contribution is 0.910. The van der Waals surface area contributed by atoms with Gasteiger partial charge in [-0.15, -0.1) is 11.3 Å². The number of aromatic nitrogens is 1. The third-order valence-corrected chi connectivity index (χ3v) is 5.58. The van der Waals surface area contributed by atoms with E-state index in [1.165, 1.54) is 4.88 Å². The van der Waals surface area contributed by atoms with Gasteiger partial charge in [-0.3, -0.25) is 4.98 Å². The maximum absolute atomic E-state index is 6.45. The maximum atomic E-state index is 6.45. The van der Waals surface area contributed by atoms with Crippen LogP contribution in [0.15, 0.2) is 40.3 Å². The molecule has 2 nitrogen and oxygen atoms in total. The van der Waals surface area contributed by atoms with E-state index < -0.39 is 0 Å². The summed E-state index contributed by atoms with van der Waals surface area (Å²) < 4.78 is 1.11. The molecule has 0 aliphatic carbocycles. The van der Waals surface area contributed by atoms with Crippen LogP contribution in [0.5, 0.6) is 0 Å². The molecule has 1 unspecified atom stereocenters. The molecular formula is C16H14BrClN2S. The lowest BCUT2D eigenvalue weighted by Crippen LogP contribution is -2.06. The van der Waals surface area contributed by atoms with Crippen LogP contribution in [0.2, 0.25) is 5.02 Å². The molecule has 0 amide bonds. The number of halogens is 2. The summed E-state index contributed by atoms with van der Waals surface area (Å²) >= 11 is 11.7. The Morgan fingerprint density at radius 3 is 2.90 bits per heavy atom. The van der Waals surface area contributed by atoms with E-state index in [1.807, 2.05) is 25.3 Å². The smallest absolute Gasteiger partial charge is 0.0752 e. The summed E-state index contributed by atoms with van der Waals surface area (Å²) in [6, 6.07) is 8.28. The summed E-state index contributed by atoms with van der Waals surface area (Å²) in [5, 5.41) is 7.41. The van der Waals surface area contributed by atoms with Crippen LogP contribution in [-0.2, 0) is 0 Å². The fourth-order valence-corrected chi connectivity index (χ4v) is 4.14. The van der Waals surface area contributed by atoms with Crippen LogP contribution in [-0.4, -0.2) is 4.98 Å². The second kappa shape index (κ2) is 5.95. The number of pyridine rings is 1. The van der Waals surface area contributed by atoms with Crippen LogP contribution in [0, 0.1) is 6.92 Å². The van der Waals surface area contributed by atoms with E-state index in [4.69, 9.17) is 11.6 Å². The average Bonchev–Trinajstić information content (AvgIpc) is 2.90. The second-order valence-electron chi connectivity index (χ2n) is 4.98. The maximum Gasteiger partial charge on any atom is 0.0752 e. The van der Waals surface area contributed by atoms with Crippen molar-refractivity contribution in [2.24, 2.45) is 0 Å². The number of nitrogens with zero attached hydrogens (tertiary/aromatic N) is 1. The third-order valence-electron chi connectivity index (χ3n) is 3.41. The highest BCUT2D eigenvalue weighted by Gasteiger charge is 2.14. The average molecular weight is 382 g/mol. The van der Waals surface area contributed by atoms with E-state index in [9.17, 15) is 0 Å². The lowest BCUT2D eigenvalue weighted by Gasteiger charge is -2.18. The summed E-state index contributed by atoms with van der Waals surface area (Å²) in [5.41, 5.74) is 3.03. The number of benzene rings is 1. The van der Waals surface area contributed by atoms with Crippen molar-refractivity contribution in [2.75, 3.05) is 5.32 Å². The summed E-state index contributed by atoms with van der Waals surface area (Å²) in [4.78, 5) is 5.72. The van der Waals surface area contributed by atoms with Crippen molar-refractivity contribution >= 4 is 55.5 Å². The Labute approximate surface area is 141 Å². The highest BCUT2D eigenvalue weighted by molar-refractivity contribution is 9.10. The minimum Gasteiger partial charge on any atom is -0.376 e. The number of hydrogen-bond acceptors (Lipinski definition) is 3. The molecule has 0 aliphatic heterocycles. The molecule has 3 rings (SSSR count). The summed E-state index contributed by atoms with van der Waals surface area (Å²) in [6.07, 6.45) is 1.81. The third kappa shape index (κ3) is 2.93. The zero-order chi connectivity index (χ0) is 15.0. The minimum atomic E-state index is 0.185. The number of anilines is 1. The van der Waals surface area contributed by atoms with E-state index in [2.05, 4.69) is 50.7 Å². The monoisotopic (exact) mass is 380 g/mol. The summed E-state index contributed by atoms with van der Waals surface area (Å²) in [7, 11) is 0. The topological polar surface area (TPSA) is 24.9 Å². The molecule has 3 aromatic rings. The van der Waals surface area contributed by atoms with Crippen LogP contribution in [0.3, 0.4) is 0 Å². The molecule has 0 radical (unpaired) electrons. The molecule has 2 heterocycles. The molecule has 108 valence electrons. The van der Waals surface area contributed by atoms with Gasteiger partial charge >= 0.3 is 0 Å². The predicted molar refractivity (Wildman–Crippen MR) is 95.5 cm³/mol. The fourth-order valence-electron chi connectivity index (χ4n) is 2.37. The summed E-state index contributed by atoms with van der Waals surface area (Å²) in [5.74, 6) is 0. The van der Waals surface area contributed by atoms with E-state index in [-0.39, 0.29) is 6.04 Å². The highest BCUT2D eigenvalue weighted by Crippen LogP contribution is 2.36. The van der Waals surface area contributed by atoms with Gasteiger partial charge in [0.05, 0.1) is 22.3 Å². The summed E-state index contributed by atoms with van der Waals surface area (Å²) in [6.45, 7) is 4.17. The Morgan fingerprint density at radius 1 is 1.38 bits per heavy atom. The van der Waals surface area contributed by atoms with Gasteiger partial charge in [0.2, 0.25) is 0 Å². The number of fused-ring (bicyclic) bond motifs is 1. The van der Waals surface area contributed by atoms with Crippen molar-refractivity contribution in [1.29, 1.82) is 0 Å². The quantitative estimate of drug-likeness (QED) is 0.584. The van der Waals surface area contributed by atoms with Gasteiger partial charge in [-0.05, 0) is 59.6 Å². The molecule has 1 N–H and O–H groups in total. The van der Waals surface area contributed by atoms with Crippen molar-refractivity contribution in [2.45, 2.75) is 19.9 Å². The Bertz CT molecular complexity index is 800. The number of aryl methyl sites for hydroxylation is 1. The van der Waals surface area contributed by atoms with Gasteiger partial charge in [-0.1, -0.05) is 11.6 Å². The molecule has 0 saturated heterocycles. The Morgan fingerprint density at radius 2 is 2.19 bits per heavy atom. The molecule has 1 atom stereocenters. The Hall–Kier alpha value is -1.10. The van der Waals surface area contributed by atoms with Crippen molar-refractivity contribution in [1.82, 2.24) is 4.98 Å². The van der Waals surface area contributed by atoms with Gasteiger partial charge in [-0.25, -0.2) is 0 Å². The van der Waals surface area contributed by atoms with Gasteiger partial charge in [0.25, 0.3) is 0 Å². The first-order valence-corrected chi connectivity index (χ1v) is 8.65. The Kier molecular flexibility index (Phi) is 4.20. The fraction of sp³-hybridized carbons (Fsp3) is 0.188. The molecule has 0 spiro atoms. The van der Waals surface area contributed by atoms with E-state index in [0.29, 0.717) is 0 Å². The van der Waals surface area contributed by atoms with Gasteiger partial charge in [0.15, 0.2) is 0 Å². The molecule has 5 heteroatoms. The van der Waals surface area contributed by atoms with Crippen molar-refractivity contribution in [3.8, 4) is 0 Å². The van der Waals surface area contributed by atoms with Crippen LogP contribution in [0.25, 0.3) is 10.9 Å². The predicted octanol–water partition coefficient (Wildman–Crippen LogP) is 6.19. The molecular weight excluding hydrogens is 368 g/mol. The first-order chi connectivity index (χ1) is 10.1.